The number of aliphatic imine (C=N–C) groups is 1. The molecule has 4 rings (SSSR count). The molecule has 0 N–H and O–H groups in total. The maximum absolute atomic E-state index is 13.0. The molecule has 1 aromatic heterocycles. The van der Waals surface area contributed by atoms with Gasteiger partial charge in [0.15, 0.2) is 5.17 Å². The molecule has 2 aromatic rings. The molecule has 0 spiro atoms. The van der Waals surface area contributed by atoms with Gasteiger partial charge in [-0.1, -0.05) is 44.4 Å². The monoisotopic (exact) mass is 393 g/mol. The fourth-order valence-corrected chi connectivity index (χ4v) is 4.92. The van der Waals surface area contributed by atoms with Gasteiger partial charge in [-0.2, -0.15) is 0 Å². The second-order valence-electron chi connectivity index (χ2n) is 7.48. The number of carbonyl (C=O) groups excluding carboxylic acids is 1. The molecule has 4 nitrogen and oxygen atoms in total. The van der Waals surface area contributed by atoms with Crippen molar-refractivity contribution in [1.82, 2.24) is 9.47 Å². The number of carbonyl (C=O) groups is 1. The highest BCUT2D eigenvalue weighted by molar-refractivity contribution is 8.18. The Kier molecular flexibility index (Phi) is 6.01. The number of benzene rings is 1. The highest BCUT2D eigenvalue weighted by Gasteiger charge is 2.32. The van der Waals surface area contributed by atoms with Crippen LogP contribution in [-0.4, -0.2) is 27.1 Å². The summed E-state index contributed by atoms with van der Waals surface area (Å²) in [4.78, 5) is 20.2. The van der Waals surface area contributed by atoms with Crippen LogP contribution in [0.3, 0.4) is 0 Å². The maximum Gasteiger partial charge on any atom is 0.266 e. The van der Waals surface area contributed by atoms with Crippen molar-refractivity contribution >= 4 is 34.6 Å². The fraction of sp³-hybridized carbons (Fsp3) is 0.391. The van der Waals surface area contributed by atoms with E-state index < -0.39 is 0 Å². The van der Waals surface area contributed by atoms with Gasteiger partial charge < -0.3 is 4.57 Å². The molecule has 0 radical (unpaired) electrons. The highest BCUT2D eigenvalue weighted by atomic mass is 32.2. The van der Waals surface area contributed by atoms with Crippen LogP contribution in [0.15, 0.2) is 58.7 Å². The Morgan fingerprint density at radius 3 is 2.68 bits per heavy atom. The molecular formula is C23H27N3OS. The second-order valence-corrected chi connectivity index (χ2v) is 8.49. The quantitative estimate of drug-likeness (QED) is 0.584. The first kappa shape index (κ1) is 19.1. The van der Waals surface area contributed by atoms with Crippen LogP contribution in [0, 0.1) is 0 Å². The number of rotatable bonds is 5. The Balaban J connectivity index is 1.56. The van der Waals surface area contributed by atoms with Crippen molar-refractivity contribution in [3.8, 4) is 0 Å². The normalized spacial score (nSPS) is 21.2. The standard InChI is InChI=1S/C23H27N3OS/c1-2-14-26-22(27)21(28-23(26)24-19-9-5-3-6-10-19)16-18-13-15-25(17-18)20-11-7-4-8-12-20/h3,5-6,9-10,13,15-17,20H,2,4,7-8,11-12,14H2,1H3/b21-16+,24-23?. The van der Waals surface area contributed by atoms with Gasteiger partial charge >= 0.3 is 0 Å². The summed E-state index contributed by atoms with van der Waals surface area (Å²) in [7, 11) is 0. The van der Waals surface area contributed by atoms with E-state index in [9.17, 15) is 4.79 Å². The molecule has 146 valence electrons. The van der Waals surface area contributed by atoms with Gasteiger partial charge in [0.25, 0.3) is 5.91 Å². The molecule has 5 heteroatoms. The van der Waals surface area contributed by atoms with Crippen LogP contribution >= 0.6 is 11.8 Å². The summed E-state index contributed by atoms with van der Waals surface area (Å²) in [5.41, 5.74) is 1.97. The lowest BCUT2D eigenvalue weighted by Crippen LogP contribution is -2.29. The van der Waals surface area contributed by atoms with Crippen LogP contribution in [0.2, 0.25) is 0 Å². The van der Waals surface area contributed by atoms with E-state index in [4.69, 9.17) is 4.99 Å². The molecule has 1 saturated carbocycles. The highest BCUT2D eigenvalue weighted by Crippen LogP contribution is 2.35. The first-order valence-corrected chi connectivity index (χ1v) is 11.1. The van der Waals surface area contributed by atoms with Crippen LogP contribution in [0.25, 0.3) is 6.08 Å². The van der Waals surface area contributed by atoms with Crippen molar-refractivity contribution in [2.75, 3.05) is 6.54 Å². The molecule has 1 aliphatic carbocycles. The zero-order valence-corrected chi connectivity index (χ0v) is 17.2. The average Bonchev–Trinajstić information content (AvgIpc) is 3.31. The van der Waals surface area contributed by atoms with E-state index in [2.05, 4.69) is 30.0 Å². The van der Waals surface area contributed by atoms with E-state index in [-0.39, 0.29) is 5.91 Å². The van der Waals surface area contributed by atoms with E-state index >= 15 is 0 Å². The molecule has 2 aliphatic rings. The molecule has 1 saturated heterocycles. The van der Waals surface area contributed by atoms with E-state index in [0.29, 0.717) is 12.6 Å². The first-order valence-electron chi connectivity index (χ1n) is 10.3. The molecule has 0 bridgehead atoms. The van der Waals surface area contributed by atoms with Gasteiger partial charge in [-0.05, 0) is 60.9 Å². The third-order valence-corrected chi connectivity index (χ3v) is 6.35. The van der Waals surface area contributed by atoms with E-state index in [0.717, 1.165) is 27.7 Å². The van der Waals surface area contributed by atoms with Gasteiger partial charge in [-0.25, -0.2) is 4.99 Å². The average molecular weight is 394 g/mol. The lowest BCUT2D eigenvalue weighted by Gasteiger charge is -2.23. The third-order valence-electron chi connectivity index (χ3n) is 5.35. The van der Waals surface area contributed by atoms with E-state index in [1.807, 2.05) is 41.3 Å². The van der Waals surface area contributed by atoms with Gasteiger partial charge in [-0.3, -0.25) is 9.69 Å². The molecule has 2 fully saturated rings. The van der Waals surface area contributed by atoms with Crippen LogP contribution in [0.5, 0.6) is 0 Å². The smallest absolute Gasteiger partial charge is 0.266 e. The summed E-state index contributed by atoms with van der Waals surface area (Å²) in [5.74, 6) is 0.0620. The molecule has 1 aromatic carbocycles. The van der Waals surface area contributed by atoms with Crippen molar-refractivity contribution in [2.45, 2.75) is 51.5 Å². The van der Waals surface area contributed by atoms with Crippen LogP contribution < -0.4 is 0 Å². The SMILES string of the molecule is CCCN1C(=O)/C(=C\c2ccn(C3CCCCC3)c2)SC1=Nc1ccccc1. The molecular weight excluding hydrogens is 366 g/mol. The topological polar surface area (TPSA) is 37.6 Å². The number of hydrogen-bond donors (Lipinski definition) is 0. The molecule has 2 heterocycles. The van der Waals surface area contributed by atoms with Gasteiger partial charge in [-0.15, -0.1) is 0 Å². The van der Waals surface area contributed by atoms with Crippen molar-refractivity contribution < 1.29 is 4.79 Å². The molecule has 1 amide bonds. The Morgan fingerprint density at radius 1 is 1.14 bits per heavy atom. The number of nitrogens with zero attached hydrogens (tertiary/aromatic N) is 3. The minimum atomic E-state index is 0.0620. The van der Waals surface area contributed by atoms with E-state index in [1.165, 1.54) is 43.9 Å². The second kappa shape index (κ2) is 8.82. The number of hydrogen-bond acceptors (Lipinski definition) is 3. The Bertz CT molecular complexity index is 878. The van der Waals surface area contributed by atoms with Crippen LogP contribution in [-0.2, 0) is 4.79 Å². The summed E-state index contributed by atoms with van der Waals surface area (Å²) in [6.07, 6.45) is 13.8. The lowest BCUT2D eigenvalue weighted by atomic mass is 9.95. The zero-order valence-electron chi connectivity index (χ0n) is 16.4. The summed E-state index contributed by atoms with van der Waals surface area (Å²) < 4.78 is 2.33. The Hall–Kier alpha value is -2.27. The van der Waals surface area contributed by atoms with Crippen LogP contribution in [0.1, 0.15) is 57.1 Å². The van der Waals surface area contributed by atoms with Crippen molar-refractivity contribution in [3.63, 3.8) is 0 Å². The first-order chi connectivity index (χ1) is 13.7. The van der Waals surface area contributed by atoms with Crippen LogP contribution in [0.4, 0.5) is 5.69 Å². The summed E-state index contributed by atoms with van der Waals surface area (Å²) in [5, 5.41) is 0.774. The third kappa shape index (κ3) is 4.25. The number of aromatic nitrogens is 1. The summed E-state index contributed by atoms with van der Waals surface area (Å²) in [6.45, 7) is 2.78. The largest absolute Gasteiger partial charge is 0.351 e. The predicted molar refractivity (Wildman–Crippen MR) is 118 cm³/mol. The molecule has 0 unspecified atom stereocenters. The zero-order chi connectivity index (χ0) is 19.3. The molecule has 0 atom stereocenters. The van der Waals surface area contributed by atoms with Crippen molar-refractivity contribution in [2.24, 2.45) is 4.99 Å². The van der Waals surface area contributed by atoms with Gasteiger partial charge in [0.2, 0.25) is 0 Å². The predicted octanol–water partition coefficient (Wildman–Crippen LogP) is 6.01. The Morgan fingerprint density at radius 2 is 1.93 bits per heavy atom. The summed E-state index contributed by atoms with van der Waals surface area (Å²) in [6, 6.07) is 12.6. The Labute approximate surface area is 171 Å². The van der Waals surface area contributed by atoms with Gasteiger partial charge in [0.1, 0.15) is 0 Å². The van der Waals surface area contributed by atoms with E-state index in [1.54, 1.807) is 0 Å². The molecule has 28 heavy (non-hydrogen) atoms. The number of para-hydroxylation sites is 1. The van der Waals surface area contributed by atoms with Crippen molar-refractivity contribution in [3.05, 3.63) is 59.3 Å². The number of amidine groups is 1. The van der Waals surface area contributed by atoms with Gasteiger partial charge in [0, 0.05) is 25.0 Å². The number of amides is 1. The molecule has 1 aliphatic heterocycles. The van der Waals surface area contributed by atoms with Gasteiger partial charge in [0.05, 0.1) is 10.6 Å². The number of thioether (sulfide) groups is 1. The lowest BCUT2D eigenvalue weighted by molar-refractivity contribution is -0.122. The van der Waals surface area contributed by atoms with Crippen molar-refractivity contribution in [1.29, 1.82) is 0 Å². The minimum Gasteiger partial charge on any atom is -0.351 e. The minimum absolute atomic E-state index is 0.0620. The summed E-state index contributed by atoms with van der Waals surface area (Å²) >= 11 is 1.48. The maximum atomic E-state index is 13.0. The fourth-order valence-electron chi connectivity index (χ4n) is 3.90.